The van der Waals surface area contributed by atoms with Crippen LogP contribution in [0.15, 0.2) is 18.2 Å². The van der Waals surface area contributed by atoms with Gasteiger partial charge in [-0.15, -0.1) is 11.3 Å². The average Bonchev–Trinajstić information content (AvgIpc) is 2.69. The van der Waals surface area contributed by atoms with Crippen molar-refractivity contribution >= 4 is 34.5 Å². The van der Waals surface area contributed by atoms with Crippen molar-refractivity contribution in [2.45, 2.75) is 13.8 Å². The number of carbonyl (C=O) groups excluding carboxylic acids is 1. The van der Waals surface area contributed by atoms with E-state index in [9.17, 15) is 4.79 Å². The number of anilines is 1. The summed E-state index contributed by atoms with van der Waals surface area (Å²) in [6, 6.07) is 5.07. The largest absolute Gasteiger partial charge is 0.495 e. The van der Waals surface area contributed by atoms with E-state index in [4.69, 9.17) is 16.3 Å². The van der Waals surface area contributed by atoms with Crippen LogP contribution < -0.4 is 10.1 Å². The fourth-order valence-corrected chi connectivity index (χ4v) is 2.69. The number of amides is 1. The van der Waals surface area contributed by atoms with Crippen LogP contribution in [-0.4, -0.2) is 18.0 Å². The predicted molar refractivity (Wildman–Crippen MR) is 77.5 cm³/mol. The van der Waals surface area contributed by atoms with Gasteiger partial charge >= 0.3 is 0 Å². The second-order valence-electron chi connectivity index (χ2n) is 3.95. The molecule has 0 saturated carbocycles. The smallest absolute Gasteiger partial charge is 0.267 e. The van der Waals surface area contributed by atoms with Crippen LogP contribution in [0.4, 0.5) is 5.69 Å². The molecule has 0 aliphatic rings. The number of benzene rings is 1. The molecule has 0 aliphatic carbocycles. The van der Waals surface area contributed by atoms with Crippen molar-refractivity contribution in [2.24, 2.45) is 0 Å². The van der Waals surface area contributed by atoms with Gasteiger partial charge in [0.15, 0.2) is 0 Å². The minimum atomic E-state index is -0.205. The van der Waals surface area contributed by atoms with E-state index >= 15 is 0 Å². The molecule has 0 saturated heterocycles. The molecule has 4 nitrogen and oxygen atoms in total. The number of thiazole rings is 1. The molecule has 6 heteroatoms. The second-order valence-corrected chi connectivity index (χ2v) is 5.59. The topological polar surface area (TPSA) is 51.2 Å². The molecule has 1 heterocycles. The normalized spacial score (nSPS) is 10.3. The maximum Gasteiger partial charge on any atom is 0.267 e. The number of methoxy groups -OCH3 is 1. The van der Waals surface area contributed by atoms with E-state index in [0.717, 1.165) is 10.7 Å². The van der Waals surface area contributed by atoms with E-state index in [2.05, 4.69) is 10.3 Å². The zero-order chi connectivity index (χ0) is 14.0. The number of aromatic nitrogens is 1. The van der Waals surface area contributed by atoms with E-state index in [1.807, 2.05) is 13.8 Å². The summed E-state index contributed by atoms with van der Waals surface area (Å²) in [7, 11) is 1.54. The lowest BCUT2D eigenvalue weighted by Gasteiger charge is -2.09. The van der Waals surface area contributed by atoms with Gasteiger partial charge in [-0.05, 0) is 32.0 Å². The Hall–Kier alpha value is -1.59. The Balaban J connectivity index is 2.28. The average molecular weight is 297 g/mol. The first kappa shape index (κ1) is 13.8. The van der Waals surface area contributed by atoms with Crippen molar-refractivity contribution in [2.75, 3.05) is 12.4 Å². The monoisotopic (exact) mass is 296 g/mol. The van der Waals surface area contributed by atoms with Crippen LogP contribution in [0, 0.1) is 13.8 Å². The number of rotatable bonds is 3. The van der Waals surface area contributed by atoms with Crippen molar-refractivity contribution in [1.82, 2.24) is 4.98 Å². The fourth-order valence-electron chi connectivity index (χ4n) is 1.70. The molecule has 0 spiro atoms. The number of nitrogens with one attached hydrogen (secondary N) is 1. The Morgan fingerprint density at radius 1 is 1.42 bits per heavy atom. The van der Waals surface area contributed by atoms with E-state index in [-0.39, 0.29) is 5.91 Å². The third kappa shape index (κ3) is 3.05. The van der Waals surface area contributed by atoms with Crippen LogP contribution >= 0.6 is 22.9 Å². The highest BCUT2D eigenvalue weighted by atomic mass is 35.5. The first-order valence-electron chi connectivity index (χ1n) is 5.60. The number of hydrogen-bond donors (Lipinski definition) is 1. The number of nitrogens with zero attached hydrogens (tertiary/aromatic N) is 1. The zero-order valence-electron chi connectivity index (χ0n) is 10.8. The third-order valence-electron chi connectivity index (χ3n) is 2.52. The molecular formula is C13H13ClN2O2S. The quantitative estimate of drug-likeness (QED) is 0.940. The van der Waals surface area contributed by atoms with Gasteiger partial charge in [0.05, 0.1) is 23.5 Å². The summed E-state index contributed by atoms with van der Waals surface area (Å²) in [5, 5.41) is 4.19. The summed E-state index contributed by atoms with van der Waals surface area (Å²) >= 11 is 7.28. The van der Waals surface area contributed by atoms with Gasteiger partial charge in [-0.1, -0.05) is 11.6 Å². The highest BCUT2D eigenvalue weighted by Crippen LogP contribution is 2.29. The van der Waals surface area contributed by atoms with E-state index in [0.29, 0.717) is 21.3 Å². The van der Waals surface area contributed by atoms with Crippen LogP contribution in [-0.2, 0) is 0 Å². The predicted octanol–water partition coefficient (Wildman–Crippen LogP) is 3.67. The Labute approximate surface area is 120 Å². The van der Waals surface area contributed by atoms with Crippen LogP contribution in [0.3, 0.4) is 0 Å². The standard InChI is InChI=1S/C13H13ClN2O2S/c1-7-12(19-8(2)15-7)13(17)16-10-6-9(14)4-5-11(10)18-3/h4-6H,1-3H3,(H,16,17). The number of carbonyl (C=O) groups is 1. The van der Waals surface area contributed by atoms with E-state index in [1.54, 1.807) is 25.3 Å². The maximum atomic E-state index is 12.2. The van der Waals surface area contributed by atoms with Gasteiger partial charge in [-0.25, -0.2) is 4.98 Å². The molecule has 0 unspecified atom stereocenters. The molecule has 100 valence electrons. The summed E-state index contributed by atoms with van der Waals surface area (Å²) in [6.45, 7) is 3.68. The van der Waals surface area contributed by atoms with Gasteiger partial charge in [-0.3, -0.25) is 4.79 Å². The van der Waals surface area contributed by atoms with Crippen molar-refractivity contribution in [3.63, 3.8) is 0 Å². The van der Waals surface area contributed by atoms with E-state index in [1.165, 1.54) is 11.3 Å². The summed E-state index contributed by atoms with van der Waals surface area (Å²) in [5.41, 5.74) is 1.27. The number of aryl methyl sites for hydroxylation is 2. The molecule has 1 amide bonds. The van der Waals surface area contributed by atoms with Gasteiger partial charge in [0.2, 0.25) is 0 Å². The minimum Gasteiger partial charge on any atom is -0.495 e. The summed E-state index contributed by atoms with van der Waals surface area (Å²) in [4.78, 5) is 17.0. The van der Waals surface area contributed by atoms with Gasteiger partial charge < -0.3 is 10.1 Å². The highest BCUT2D eigenvalue weighted by molar-refractivity contribution is 7.13. The fraction of sp³-hybridized carbons (Fsp3) is 0.231. The first-order valence-corrected chi connectivity index (χ1v) is 6.79. The zero-order valence-corrected chi connectivity index (χ0v) is 12.4. The summed E-state index contributed by atoms with van der Waals surface area (Å²) < 4.78 is 5.19. The molecule has 0 radical (unpaired) electrons. The molecule has 1 N–H and O–H groups in total. The van der Waals surface area contributed by atoms with Crippen LogP contribution in [0.2, 0.25) is 5.02 Å². The van der Waals surface area contributed by atoms with E-state index < -0.39 is 0 Å². The van der Waals surface area contributed by atoms with Crippen molar-refractivity contribution in [3.8, 4) is 5.75 Å². The molecule has 0 fully saturated rings. The molecule has 1 aromatic carbocycles. The summed E-state index contributed by atoms with van der Waals surface area (Å²) in [6.07, 6.45) is 0. The third-order valence-corrected chi connectivity index (χ3v) is 3.83. The van der Waals surface area contributed by atoms with Crippen molar-refractivity contribution in [1.29, 1.82) is 0 Å². The number of halogens is 1. The molecule has 0 aliphatic heterocycles. The Morgan fingerprint density at radius 3 is 2.74 bits per heavy atom. The van der Waals surface area contributed by atoms with Crippen molar-refractivity contribution in [3.05, 3.63) is 38.8 Å². The van der Waals surface area contributed by atoms with Crippen LogP contribution in [0.1, 0.15) is 20.4 Å². The molecule has 1 aromatic heterocycles. The molecular weight excluding hydrogens is 284 g/mol. The highest BCUT2D eigenvalue weighted by Gasteiger charge is 2.15. The Kier molecular flexibility index (Phi) is 4.07. The minimum absolute atomic E-state index is 0.205. The van der Waals surface area contributed by atoms with Crippen LogP contribution in [0.25, 0.3) is 0 Å². The Morgan fingerprint density at radius 2 is 2.16 bits per heavy atom. The molecule has 0 atom stereocenters. The lowest BCUT2D eigenvalue weighted by atomic mass is 10.2. The van der Waals surface area contributed by atoms with Gasteiger partial charge in [0.1, 0.15) is 10.6 Å². The molecule has 0 bridgehead atoms. The first-order chi connectivity index (χ1) is 9.01. The Bertz CT molecular complexity index is 625. The molecule has 2 aromatic rings. The van der Waals surface area contributed by atoms with Crippen LogP contribution in [0.5, 0.6) is 5.75 Å². The lowest BCUT2D eigenvalue weighted by Crippen LogP contribution is -2.12. The molecule has 19 heavy (non-hydrogen) atoms. The van der Waals surface area contributed by atoms with Gasteiger partial charge in [-0.2, -0.15) is 0 Å². The maximum absolute atomic E-state index is 12.2. The summed E-state index contributed by atoms with van der Waals surface area (Å²) in [5.74, 6) is 0.361. The molecule has 2 rings (SSSR count). The number of ether oxygens (including phenoxy) is 1. The van der Waals surface area contributed by atoms with Gasteiger partial charge in [0, 0.05) is 5.02 Å². The lowest BCUT2D eigenvalue weighted by molar-refractivity contribution is 0.102. The second kappa shape index (κ2) is 5.59. The SMILES string of the molecule is COc1ccc(Cl)cc1NC(=O)c1sc(C)nc1C. The number of hydrogen-bond acceptors (Lipinski definition) is 4. The van der Waals surface area contributed by atoms with Crippen molar-refractivity contribution < 1.29 is 9.53 Å². The van der Waals surface area contributed by atoms with Gasteiger partial charge in [0.25, 0.3) is 5.91 Å².